The molecule has 0 spiro atoms. The molecule has 0 aliphatic carbocycles. The van der Waals surface area contributed by atoms with Gasteiger partial charge in [-0.1, -0.05) is 67.4 Å². The number of hydrogen-bond acceptors (Lipinski definition) is 4. The average molecular weight is 402 g/mol. The third-order valence-electron chi connectivity index (χ3n) is 4.32. The molecular formula is C22H24ClNO4. The Morgan fingerprint density at radius 2 is 1.57 bits per heavy atom. The Morgan fingerprint density at radius 1 is 0.964 bits per heavy atom. The lowest BCUT2D eigenvalue weighted by atomic mass is 10.0. The number of hydrogen-bond donors (Lipinski definition) is 1. The van der Waals surface area contributed by atoms with E-state index in [0.717, 1.165) is 5.56 Å². The Bertz CT molecular complexity index is 861. The minimum absolute atomic E-state index is 0.236. The Balaban J connectivity index is 2.08. The quantitative estimate of drug-likeness (QED) is 0.557. The SMILES string of the molecule is Cc1ccc(C(=O)C(C)OC(=O)[C@@H](NC(=O)c2ccccc2Cl)C(C)C)cc1. The van der Waals surface area contributed by atoms with Crippen LogP contribution in [-0.2, 0) is 9.53 Å². The molecule has 0 bridgehead atoms. The molecule has 2 atom stereocenters. The first-order valence-corrected chi connectivity index (χ1v) is 9.45. The summed E-state index contributed by atoms with van der Waals surface area (Å²) in [5.41, 5.74) is 1.77. The molecule has 6 heteroatoms. The molecule has 0 aliphatic rings. The highest BCUT2D eigenvalue weighted by Crippen LogP contribution is 2.16. The second-order valence-electron chi connectivity index (χ2n) is 6.98. The van der Waals surface area contributed by atoms with Crippen LogP contribution in [0.2, 0.25) is 5.02 Å². The van der Waals surface area contributed by atoms with Crippen molar-refractivity contribution in [2.45, 2.75) is 39.8 Å². The number of Topliss-reactive ketones (excluding diaryl/α,β-unsaturated/α-hetero) is 1. The van der Waals surface area contributed by atoms with Gasteiger partial charge in [0.1, 0.15) is 6.04 Å². The third kappa shape index (κ3) is 5.42. The average Bonchev–Trinajstić information content (AvgIpc) is 2.65. The van der Waals surface area contributed by atoms with Crippen LogP contribution in [0.15, 0.2) is 48.5 Å². The first kappa shape index (κ1) is 21.6. The number of carbonyl (C=O) groups is 3. The van der Waals surface area contributed by atoms with E-state index in [1.54, 1.807) is 50.2 Å². The Kier molecular flexibility index (Phi) is 7.35. The molecule has 2 aromatic carbocycles. The van der Waals surface area contributed by atoms with Crippen LogP contribution < -0.4 is 5.32 Å². The number of ether oxygens (including phenoxy) is 1. The second-order valence-corrected chi connectivity index (χ2v) is 7.39. The first-order valence-electron chi connectivity index (χ1n) is 9.07. The number of benzene rings is 2. The summed E-state index contributed by atoms with van der Waals surface area (Å²) in [5.74, 6) is -1.67. The highest BCUT2D eigenvalue weighted by atomic mass is 35.5. The smallest absolute Gasteiger partial charge is 0.329 e. The zero-order valence-electron chi connectivity index (χ0n) is 16.4. The predicted octanol–water partition coefficient (Wildman–Crippen LogP) is 4.22. The fourth-order valence-corrected chi connectivity index (χ4v) is 2.84. The van der Waals surface area contributed by atoms with E-state index in [2.05, 4.69) is 5.32 Å². The molecule has 1 N–H and O–H groups in total. The van der Waals surface area contributed by atoms with Crippen LogP contribution in [0.25, 0.3) is 0 Å². The van der Waals surface area contributed by atoms with Crippen LogP contribution in [0.5, 0.6) is 0 Å². The number of ketones is 1. The summed E-state index contributed by atoms with van der Waals surface area (Å²) in [6.07, 6.45) is -0.964. The van der Waals surface area contributed by atoms with Crippen LogP contribution in [0, 0.1) is 12.8 Å². The van der Waals surface area contributed by atoms with Gasteiger partial charge in [0, 0.05) is 5.56 Å². The van der Waals surface area contributed by atoms with Gasteiger partial charge in [-0.15, -0.1) is 0 Å². The summed E-state index contributed by atoms with van der Waals surface area (Å²) >= 11 is 6.04. The minimum Gasteiger partial charge on any atom is -0.453 e. The summed E-state index contributed by atoms with van der Waals surface area (Å²) < 4.78 is 5.35. The van der Waals surface area contributed by atoms with E-state index in [4.69, 9.17) is 16.3 Å². The highest BCUT2D eigenvalue weighted by molar-refractivity contribution is 6.33. The molecule has 0 heterocycles. The van der Waals surface area contributed by atoms with Crippen LogP contribution in [0.1, 0.15) is 47.1 Å². The zero-order valence-corrected chi connectivity index (χ0v) is 17.1. The predicted molar refractivity (Wildman–Crippen MR) is 109 cm³/mol. The summed E-state index contributed by atoms with van der Waals surface area (Å²) in [6, 6.07) is 12.7. The van der Waals surface area contributed by atoms with Gasteiger partial charge in [0.2, 0.25) is 5.78 Å². The highest BCUT2D eigenvalue weighted by Gasteiger charge is 2.30. The maximum atomic E-state index is 12.6. The number of esters is 1. The van der Waals surface area contributed by atoms with E-state index < -0.39 is 24.0 Å². The second kappa shape index (κ2) is 9.51. The van der Waals surface area contributed by atoms with Gasteiger partial charge in [0.05, 0.1) is 10.6 Å². The monoisotopic (exact) mass is 401 g/mol. The Morgan fingerprint density at radius 3 is 2.14 bits per heavy atom. The van der Waals surface area contributed by atoms with Gasteiger partial charge in [-0.25, -0.2) is 4.79 Å². The number of aryl methyl sites for hydroxylation is 1. The molecule has 28 heavy (non-hydrogen) atoms. The van der Waals surface area contributed by atoms with Gasteiger partial charge in [0.25, 0.3) is 5.91 Å². The Labute approximate surface area is 170 Å². The summed E-state index contributed by atoms with van der Waals surface area (Å²) in [4.78, 5) is 37.6. The number of rotatable bonds is 7. The molecule has 1 unspecified atom stereocenters. The standard InChI is InChI=1S/C22H24ClNO4/c1-13(2)19(24-21(26)17-7-5-6-8-18(17)23)22(27)28-15(4)20(25)16-11-9-14(3)10-12-16/h5-13,15,19H,1-4H3,(H,24,26)/t15?,19-/m0/s1. The molecule has 0 radical (unpaired) electrons. The van der Waals surface area contributed by atoms with Crippen LogP contribution in [-0.4, -0.2) is 29.8 Å². The van der Waals surface area contributed by atoms with Crippen molar-refractivity contribution in [2.24, 2.45) is 5.92 Å². The molecule has 0 fully saturated rings. The van der Waals surface area contributed by atoms with Gasteiger partial charge in [0.15, 0.2) is 6.10 Å². The molecule has 2 aromatic rings. The first-order chi connectivity index (χ1) is 13.2. The number of carbonyl (C=O) groups excluding carboxylic acids is 3. The van der Waals surface area contributed by atoms with Crippen LogP contribution in [0.4, 0.5) is 0 Å². The molecule has 1 amide bonds. The van der Waals surface area contributed by atoms with Crippen LogP contribution >= 0.6 is 11.6 Å². The van der Waals surface area contributed by atoms with Crippen molar-refractivity contribution in [1.29, 1.82) is 0 Å². The van der Waals surface area contributed by atoms with E-state index in [1.807, 2.05) is 19.1 Å². The summed E-state index contributed by atoms with van der Waals surface area (Å²) in [5, 5.41) is 2.95. The van der Waals surface area contributed by atoms with E-state index in [-0.39, 0.29) is 17.3 Å². The van der Waals surface area contributed by atoms with E-state index >= 15 is 0 Å². The van der Waals surface area contributed by atoms with Gasteiger partial charge in [-0.3, -0.25) is 9.59 Å². The topological polar surface area (TPSA) is 72.5 Å². The van der Waals surface area contributed by atoms with Crippen molar-refractivity contribution in [3.05, 3.63) is 70.2 Å². The fourth-order valence-electron chi connectivity index (χ4n) is 2.62. The van der Waals surface area contributed by atoms with Gasteiger partial charge in [-0.05, 0) is 31.9 Å². The maximum Gasteiger partial charge on any atom is 0.329 e. The molecule has 0 saturated carbocycles. The lowest BCUT2D eigenvalue weighted by molar-refractivity contribution is -0.149. The summed E-state index contributed by atoms with van der Waals surface area (Å²) in [7, 11) is 0. The lowest BCUT2D eigenvalue weighted by Gasteiger charge is -2.23. The molecule has 5 nitrogen and oxygen atoms in total. The third-order valence-corrected chi connectivity index (χ3v) is 4.65. The van der Waals surface area contributed by atoms with Crippen molar-refractivity contribution in [2.75, 3.05) is 0 Å². The zero-order chi connectivity index (χ0) is 20.8. The number of halogens is 1. The van der Waals surface area contributed by atoms with Gasteiger partial charge >= 0.3 is 5.97 Å². The van der Waals surface area contributed by atoms with Crippen molar-refractivity contribution >= 4 is 29.3 Å². The maximum absolute atomic E-state index is 12.6. The largest absolute Gasteiger partial charge is 0.453 e. The van der Waals surface area contributed by atoms with Crippen molar-refractivity contribution < 1.29 is 19.1 Å². The Hall–Kier alpha value is -2.66. The number of nitrogens with one attached hydrogen (secondary N) is 1. The van der Waals surface area contributed by atoms with E-state index in [1.165, 1.54) is 6.92 Å². The van der Waals surface area contributed by atoms with Gasteiger partial charge < -0.3 is 10.1 Å². The van der Waals surface area contributed by atoms with E-state index in [9.17, 15) is 14.4 Å². The molecular weight excluding hydrogens is 378 g/mol. The number of amides is 1. The van der Waals surface area contributed by atoms with Crippen molar-refractivity contribution in [1.82, 2.24) is 5.32 Å². The van der Waals surface area contributed by atoms with Crippen molar-refractivity contribution in [3.63, 3.8) is 0 Å². The van der Waals surface area contributed by atoms with Crippen molar-refractivity contribution in [3.8, 4) is 0 Å². The van der Waals surface area contributed by atoms with Crippen LogP contribution in [0.3, 0.4) is 0 Å². The molecule has 0 aliphatic heterocycles. The molecule has 2 rings (SSSR count). The fraction of sp³-hybridized carbons (Fsp3) is 0.318. The van der Waals surface area contributed by atoms with Gasteiger partial charge in [-0.2, -0.15) is 0 Å². The lowest BCUT2D eigenvalue weighted by Crippen LogP contribution is -2.46. The van der Waals surface area contributed by atoms with E-state index in [0.29, 0.717) is 10.6 Å². The minimum atomic E-state index is -0.964. The normalized spacial score (nSPS) is 12.9. The molecule has 0 saturated heterocycles. The molecule has 148 valence electrons. The summed E-state index contributed by atoms with van der Waals surface area (Å²) in [6.45, 7) is 7.01. The molecule has 0 aromatic heterocycles.